The number of rotatable bonds is 6. The summed E-state index contributed by atoms with van der Waals surface area (Å²) in [5.74, 6) is 0.288. The summed E-state index contributed by atoms with van der Waals surface area (Å²) in [6.45, 7) is 2.83. The van der Waals surface area contributed by atoms with Gasteiger partial charge in [-0.2, -0.15) is 0 Å². The van der Waals surface area contributed by atoms with Gasteiger partial charge in [0.2, 0.25) is 0 Å². The first-order valence-electron chi connectivity index (χ1n) is 8.57. The number of nitrogens with one attached hydrogen (secondary N) is 2. The molecular formula is C17H23N3O3S2. The van der Waals surface area contributed by atoms with Crippen molar-refractivity contribution in [2.24, 2.45) is 4.99 Å². The van der Waals surface area contributed by atoms with Crippen LogP contribution in [-0.4, -0.2) is 48.8 Å². The van der Waals surface area contributed by atoms with Crippen molar-refractivity contribution in [2.75, 3.05) is 23.4 Å². The average molecular weight is 382 g/mol. The molecule has 3 rings (SSSR count). The van der Waals surface area contributed by atoms with Gasteiger partial charge in [-0.1, -0.05) is 31.5 Å². The van der Waals surface area contributed by atoms with Gasteiger partial charge < -0.3 is 10.6 Å². The molecule has 2 N–H and O–H groups in total. The highest BCUT2D eigenvalue weighted by Gasteiger charge is 2.42. The fourth-order valence-electron chi connectivity index (χ4n) is 2.92. The molecule has 8 heteroatoms. The van der Waals surface area contributed by atoms with Crippen molar-refractivity contribution in [1.29, 1.82) is 0 Å². The van der Waals surface area contributed by atoms with Crippen LogP contribution >= 0.6 is 11.8 Å². The number of aliphatic imine (C=N–C) groups is 1. The molecule has 1 aromatic carbocycles. The summed E-state index contributed by atoms with van der Waals surface area (Å²) in [7, 11) is -2.93. The monoisotopic (exact) mass is 381 g/mol. The summed E-state index contributed by atoms with van der Waals surface area (Å²) in [5.41, 5.74) is 1.47. The Labute approximate surface area is 152 Å². The molecule has 25 heavy (non-hydrogen) atoms. The minimum absolute atomic E-state index is 0.0284. The van der Waals surface area contributed by atoms with Crippen molar-refractivity contribution >= 4 is 38.4 Å². The van der Waals surface area contributed by atoms with Gasteiger partial charge in [-0.3, -0.25) is 9.79 Å². The van der Waals surface area contributed by atoms with E-state index in [-0.39, 0.29) is 28.7 Å². The Bertz CT molecular complexity index is 760. The van der Waals surface area contributed by atoms with Crippen molar-refractivity contribution in [2.45, 2.75) is 37.5 Å². The number of hydrogen-bond acceptors (Lipinski definition) is 6. The number of anilines is 1. The summed E-state index contributed by atoms with van der Waals surface area (Å²) in [6.07, 6.45) is 3.25. The fraction of sp³-hybridized carbons (Fsp3) is 0.529. The number of unbranched alkanes of at least 4 members (excludes halogenated alkanes) is 2. The standard InChI is InChI=1S/C17H23N3O3S2/c1-2-3-4-9-18-16(21)12-5-7-13(8-6-12)19-17-20-14-10-25(22,23)11-15(14)24-17/h5-8,14-15H,2-4,9-11H2,1H3,(H,18,21)(H,19,20)/t14-,15+/m1/s1. The lowest BCUT2D eigenvalue weighted by atomic mass is 10.2. The topological polar surface area (TPSA) is 87.6 Å². The van der Waals surface area contributed by atoms with E-state index >= 15 is 0 Å². The SMILES string of the molecule is CCCCCNC(=O)c1ccc(NC2=N[C@@H]3CS(=O)(=O)C[C@@H]3S2)cc1. The van der Waals surface area contributed by atoms with Gasteiger partial charge in [-0.15, -0.1) is 0 Å². The molecule has 1 amide bonds. The number of carbonyl (C=O) groups is 1. The minimum atomic E-state index is -2.93. The average Bonchev–Trinajstić information content (AvgIpc) is 3.04. The number of amides is 1. The summed E-state index contributed by atoms with van der Waals surface area (Å²) >= 11 is 1.49. The molecule has 6 nitrogen and oxygen atoms in total. The molecule has 0 saturated carbocycles. The maximum atomic E-state index is 12.0. The number of fused-ring (bicyclic) bond motifs is 1. The van der Waals surface area contributed by atoms with Gasteiger partial charge in [0.1, 0.15) is 0 Å². The Balaban J connectivity index is 1.52. The second-order valence-electron chi connectivity index (χ2n) is 6.40. The Kier molecular flexibility index (Phi) is 5.68. The van der Waals surface area contributed by atoms with E-state index in [0.717, 1.165) is 30.1 Å². The fourth-order valence-corrected chi connectivity index (χ4v) is 6.60. The number of carbonyl (C=O) groups excluding carboxylic acids is 1. The lowest BCUT2D eigenvalue weighted by molar-refractivity contribution is 0.0953. The maximum absolute atomic E-state index is 12.0. The van der Waals surface area contributed by atoms with E-state index < -0.39 is 9.84 Å². The van der Waals surface area contributed by atoms with Gasteiger partial charge in [0, 0.05) is 23.0 Å². The van der Waals surface area contributed by atoms with E-state index in [1.807, 2.05) is 12.1 Å². The van der Waals surface area contributed by atoms with E-state index in [2.05, 4.69) is 22.5 Å². The quantitative estimate of drug-likeness (QED) is 0.738. The smallest absolute Gasteiger partial charge is 0.251 e. The minimum Gasteiger partial charge on any atom is -0.352 e. The molecule has 0 radical (unpaired) electrons. The zero-order chi connectivity index (χ0) is 17.9. The van der Waals surface area contributed by atoms with Crippen molar-refractivity contribution in [1.82, 2.24) is 5.32 Å². The van der Waals surface area contributed by atoms with E-state index in [1.165, 1.54) is 11.8 Å². The number of sulfone groups is 1. The second-order valence-corrected chi connectivity index (χ2v) is 9.78. The second kappa shape index (κ2) is 7.78. The van der Waals surface area contributed by atoms with Crippen LogP contribution in [0.4, 0.5) is 5.69 Å². The van der Waals surface area contributed by atoms with Crippen LogP contribution in [0, 0.1) is 0 Å². The molecule has 2 heterocycles. The summed E-state index contributed by atoms with van der Waals surface area (Å²) in [4.78, 5) is 16.5. The van der Waals surface area contributed by atoms with E-state index in [1.54, 1.807) is 12.1 Å². The van der Waals surface area contributed by atoms with Gasteiger partial charge >= 0.3 is 0 Å². The Morgan fingerprint density at radius 1 is 1.24 bits per heavy atom. The molecule has 1 aromatic rings. The first kappa shape index (κ1) is 18.3. The molecule has 0 bridgehead atoms. The molecule has 1 fully saturated rings. The largest absolute Gasteiger partial charge is 0.352 e. The summed E-state index contributed by atoms with van der Waals surface area (Å²) in [6, 6.07) is 7.11. The molecule has 0 spiro atoms. The lowest BCUT2D eigenvalue weighted by Gasteiger charge is -2.08. The number of nitrogens with zero attached hydrogens (tertiary/aromatic N) is 1. The molecule has 2 aliphatic rings. The Morgan fingerprint density at radius 3 is 2.68 bits per heavy atom. The van der Waals surface area contributed by atoms with Crippen LogP contribution in [-0.2, 0) is 9.84 Å². The first-order valence-corrected chi connectivity index (χ1v) is 11.3. The van der Waals surface area contributed by atoms with Crippen molar-refractivity contribution < 1.29 is 13.2 Å². The first-order chi connectivity index (χ1) is 12.0. The molecule has 0 aliphatic carbocycles. The van der Waals surface area contributed by atoms with Crippen molar-refractivity contribution in [3.05, 3.63) is 29.8 Å². The molecule has 136 valence electrons. The van der Waals surface area contributed by atoms with Gasteiger partial charge in [0.25, 0.3) is 5.91 Å². The Morgan fingerprint density at radius 2 is 2.00 bits per heavy atom. The zero-order valence-electron chi connectivity index (χ0n) is 14.2. The maximum Gasteiger partial charge on any atom is 0.251 e. The third kappa shape index (κ3) is 4.76. The van der Waals surface area contributed by atoms with E-state index in [9.17, 15) is 13.2 Å². The summed E-state index contributed by atoms with van der Waals surface area (Å²) < 4.78 is 23.2. The van der Waals surface area contributed by atoms with Crippen LogP contribution in [0.2, 0.25) is 0 Å². The van der Waals surface area contributed by atoms with Crippen LogP contribution in [0.5, 0.6) is 0 Å². The van der Waals surface area contributed by atoms with Crippen LogP contribution in [0.15, 0.2) is 29.3 Å². The van der Waals surface area contributed by atoms with Crippen LogP contribution < -0.4 is 10.6 Å². The van der Waals surface area contributed by atoms with Gasteiger partial charge in [0.05, 0.1) is 17.5 Å². The third-order valence-electron chi connectivity index (χ3n) is 4.28. The van der Waals surface area contributed by atoms with Crippen LogP contribution in [0.3, 0.4) is 0 Å². The predicted octanol–water partition coefficient (Wildman–Crippen LogP) is 2.29. The number of hydrogen-bond donors (Lipinski definition) is 2. The molecular weight excluding hydrogens is 358 g/mol. The molecule has 0 unspecified atom stereocenters. The molecule has 0 aromatic heterocycles. The predicted molar refractivity (Wildman–Crippen MR) is 103 cm³/mol. The molecule has 2 atom stereocenters. The lowest BCUT2D eigenvalue weighted by Crippen LogP contribution is -2.24. The third-order valence-corrected chi connectivity index (χ3v) is 7.42. The zero-order valence-corrected chi connectivity index (χ0v) is 15.8. The molecule has 2 aliphatic heterocycles. The van der Waals surface area contributed by atoms with Crippen molar-refractivity contribution in [3.8, 4) is 0 Å². The number of amidine groups is 1. The highest BCUT2D eigenvalue weighted by molar-refractivity contribution is 8.15. The van der Waals surface area contributed by atoms with Gasteiger partial charge in [-0.25, -0.2) is 8.42 Å². The number of benzene rings is 1. The van der Waals surface area contributed by atoms with Crippen LogP contribution in [0.25, 0.3) is 0 Å². The molecule has 1 saturated heterocycles. The summed E-state index contributed by atoms with van der Waals surface area (Å²) in [5, 5.41) is 6.91. The van der Waals surface area contributed by atoms with Crippen molar-refractivity contribution in [3.63, 3.8) is 0 Å². The number of thioether (sulfide) groups is 1. The van der Waals surface area contributed by atoms with Crippen LogP contribution in [0.1, 0.15) is 36.5 Å². The normalized spacial score (nSPS) is 23.8. The van der Waals surface area contributed by atoms with E-state index in [0.29, 0.717) is 12.1 Å². The Hall–Kier alpha value is -1.54. The highest BCUT2D eigenvalue weighted by Crippen LogP contribution is 2.34. The van der Waals surface area contributed by atoms with E-state index in [4.69, 9.17) is 0 Å². The van der Waals surface area contributed by atoms with Gasteiger partial charge in [0.15, 0.2) is 15.0 Å². The van der Waals surface area contributed by atoms with Gasteiger partial charge in [-0.05, 0) is 30.7 Å². The highest BCUT2D eigenvalue weighted by atomic mass is 32.2.